The van der Waals surface area contributed by atoms with Gasteiger partial charge in [0.1, 0.15) is 10.8 Å². The second kappa shape index (κ2) is 5.84. The van der Waals surface area contributed by atoms with Gasteiger partial charge in [-0.15, -0.1) is 11.8 Å². The highest BCUT2D eigenvalue weighted by molar-refractivity contribution is 7.98. The summed E-state index contributed by atoms with van der Waals surface area (Å²) in [6, 6.07) is 7.56. The highest BCUT2D eigenvalue weighted by Crippen LogP contribution is 2.19. The molecule has 1 amide bonds. The van der Waals surface area contributed by atoms with Crippen molar-refractivity contribution in [1.82, 2.24) is 9.97 Å². The van der Waals surface area contributed by atoms with Gasteiger partial charge < -0.3 is 5.32 Å². The van der Waals surface area contributed by atoms with Crippen LogP contribution in [0.3, 0.4) is 0 Å². The van der Waals surface area contributed by atoms with Crippen molar-refractivity contribution in [2.24, 2.45) is 0 Å². The molecule has 0 atom stereocenters. The molecule has 0 bridgehead atoms. The fourth-order valence-corrected chi connectivity index (χ4v) is 1.95. The predicted molar refractivity (Wildman–Crippen MR) is 73.2 cm³/mol. The first-order valence-corrected chi connectivity index (χ1v) is 6.72. The number of hydrogen-bond donors (Lipinski definition) is 1. The zero-order valence-corrected chi connectivity index (χ0v) is 11.1. The van der Waals surface area contributed by atoms with Gasteiger partial charge in [-0.2, -0.15) is 0 Å². The van der Waals surface area contributed by atoms with Gasteiger partial charge >= 0.3 is 0 Å². The number of nitrogens with zero attached hydrogens (tertiary/aromatic N) is 2. The van der Waals surface area contributed by atoms with E-state index in [2.05, 4.69) is 15.3 Å². The maximum absolute atomic E-state index is 11.9. The molecule has 6 heteroatoms. The Bertz CT molecular complexity index is 577. The summed E-state index contributed by atoms with van der Waals surface area (Å²) in [6.45, 7) is 0. The number of thioether (sulfide) groups is 1. The van der Waals surface area contributed by atoms with Gasteiger partial charge in [-0.1, -0.05) is 17.7 Å². The number of amides is 1. The lowest BCUT2D eigenvalue weighted by molar-refractivity contribution is 0.102. The maximum atomic E-state index is 11.9. The van der Waals surface area contributed by atoms with Crippen molar-refractivity contribution in [2.75, 3.05) is 11.6 Å². The first-order chi connectivity index (χ1) is 8.69. The van der Waals surface area contributed by atoms with E-state index in [1.165, 1.54) is 12.4 Å². The van der Waals surface area contributed by atoms with E-state index < -0.39 is 0 Å². The third-order valence-electron chi connectivity index (χ3n) is 2.17. The Hall–Kier alpha value is -1.59. The summed E-state index contributed by atoms with van der Waals surface area (Å²) < 4.78 is 0. The zero-order valence-electron chi connectivity index (χ0n) is 9.55. The molecule has 0 aliphatic carbocycles. The molecule has 1 aromatic carbocycles. The molecule has 18 heavy (non-hydrogen) atoms. The Balaban J connectivity index is 2.16. The SMILES string of the molecule is CSc1cccc(NC(=O)c2cncc(Cl)n2)c1. The number of rotatable bonds is 3. The van der Waals surface area contributed by atoms with Gasteiger partial charge in [0.25, 0.3) is 5.91 Å². The monoisotopic (exact) mass is 279 g/mol. The van der Waals surface area contributed by atoms with Crippen LogP contribution in [0.5, 0.6) is 0 Å². The van der Waals surface area contributed by atoms with Crippen molar-refractivity contribution in [2.45, 2.75) is 4.90 Å². The molecule has 0 spiro atoms. The van der Waals surface area contributed by atoms with Crippen molar-refractivity contribution in [3.63, 3.8) is 0 Å². The third-order valence-corrected chi connectivity index (χ3v) is 3.07. The number of carbonyl (C=O) groups is 1. The first kappa shape index (κ1) is 12.9. The van der Waals surface area contributed by atoms with Crippen LogP contribution in [0, 0.1) is 0 Å². The summed E-state index contributed by atoms with van der Waals surface area (Å²) in [6.07, 6.45) is 4.73. The van der Waals surface area contributed by atoms with Crippen LogP contribution in [0.25, 0.3) is 0 Å². The average molecular weight is 280 g/mol. The van der Waals surface area contributed by atoms with Crippen LogP contribution in [0.15, 0.2) is 41.6 Å². The van der Waals surface area contributed by atoms with Gasteiger partial charge in [-0.05, 0) is 24.5 Å². The lowest BCUT2D eigenvalue weighted by atomic mass is 10.3. The second-order valence-electron chi connectivity index (χ2n) is 3.41. The van der Waals surface area contributed by atoms with Crippen LogP contribution in [0.1, 0.15) is 10.5 Å². The van der Waals surface area contributed by atoms with Gasteiger partial charge in [-0.25, -0.2) is 4.98 Å². The third kappa shape index (κ3) is 3.21. The summed E-state index contributed by atoms with van der Waals surface area (Å²) in [7, 11) is 0. The van der Waals surface area contributed by atoms with Crippen molar-refractivity contribution >= 4 is 35.0 Å². The molecule has 0 saturated carbocycles. The molecule has 92 valence electrons. The molecule has 4 nitrogen and oxygen atoms in total. The van der Waals surface area contributed by atoms with Gasteiger partial charge in [0.05, 0.1) is 12.4 Å². The Kier molecular flexibility index (Phi) is 4.17. The Morgan fingerprint density at radius 3 is 2.94 bits per heavy atom. The lowest BCUT2D eigenvalue weighted by Gasteiger charge is -2.05. The number of anilines is 1. The van der Waals surface area contributed by atoms with Crippen molar-refractivity contribution in [1.29, 1.82) is 0 Å². The summed E-state index contributed by atoms with van der Waals surface area (Å²) in [5, 5.41) is 2.94. The number of hydrogen-bond acceptors (Lipinski definition) is 4. The molecule has 1 N–H and O–H groups in total. The van der Waals surface area contributed by atoms with E-state index in [9.17, 15) is 4.79 Å². The first-order valence-electron chi connectivity index (χ1n) is 5.12. The van der Waals surface area contributed by atoms with Crippen molar-refractivity contribution in [3.05, 3.63) is 47.5 Å². The van der Waals surface area contributed by atoms with Crippen LogP contribution >= 0.6 is 23.4 Å². The summed E-state index contributed by atoms with van der Waals surface area (Å²) in [5.41, 5.74) is 0.908. The fourth-order valence-electron chi connectivity index (χ4n) is 1.35. The molecule has 0 aliphatic rings. The predicted octanol–water partition coefficient (Wildman–Crippen LogP) is 3.10. The summed E-state index contributed by atoms with van der Waals surface area (Å²) in [5.74, 6) is -0.330. The topological polar surface area (TPSA) is 54.9 Å². The smallest absolute Gasteiger partial charge is 0.275 e. The summed E-state index contributed by atoms with van der Waals surface area (Å²) in [4.78, 5) is 20.7. The van der Waals surface area contributed by atoms with Gasteiger partial charge in [-0.3, -0.25) is 9.78 Å². The Labute approximate surface area is 114 Å². The number of aromatic nitrogens is 2. The minimum Gasteiger partial charge on any atom is -0.321 e. The fraction of sp³-hybridized carbons (Fsp3) is 0.0833. The number of carbonyl (C=O) groups excluding carboxylic acids is 1. The minimum atomic E-state index is -0.330. The molecule has 0 aliphatic heterocycles. The minimum absolute atomic E-state index is 0.192. The van der Waals surface area contributed by atoms with Crippen molar-refractivity contribution < 1.29 is 4.79 Å². The second-order valence-corrected chi connectivity index (χ2v) is 4.68. The van der Waals surface area contributed by atoms with Gasteiger partial charge in [0.15, 0.2) is 0 Å². The highest BCUT2D eigenvalue weighted by atomic mass is 35.5. The standard InChI is InChI=1S/C12H10ClN3OS/c1-18-9-4-2-3-8(5-9)15-12(17)10-6-14-7-11(13)16-10/h2-7H,1H3,(H,15,17). The van der Waals surface area contributed by atoms with Gasteiger partial charge in [0.2, 0.25) is 0 Å². The van der Waals surface area contributed by atoms with Crippen LogP contribution in [-0.4, -0.2) is 22.1 Å². The summed E-state index contributed by atoms with van der Waals surface area (Å²) >= 11 is 7.29. The quantitative estimate of drug-likeness (QED) is 0.877. The molecule has 2 rings (SSSR count). The van der Waals surface area contributed by atoms with E-state index >= 15 is 0 Å². The molecule has 1 aromatic heterocycles. The van der Waals surface area contributed by atoms with E-state index in [-0.39, 0.29) is 16.8 Å². The van der Waals surface area contributed by atoms with Gasteiger partial charge in [0, 0.05) is 10.6 Å². The molecule has 1 heterocycles. The van der Waals surface area contributed by atoms with E-state index in [0.717, 1.165) is 4.90 Å². The Morgan fingerprint density at radius 2 is 2.22 bits per heavy atom. The number of nitrogens with one attached hydrogen (secondary N) is 1. The number of halogens is 1. The maximum Gasteiger partial charge on any atom is 0.275 e. The van der Waals surface area contributed by atoms with Crippen LogP contribution < -0.4 is 5.32 Å². The molecule has 0 saturated heterocycles. The lowest BCUT2D eigenvalue weighted by Crippen LogP contribution is -2.14. The molecule has 0 fully saturated rings. The molecular weight excluding hydrogens is 270 g/mol. The van der Waals surface area contributed by atoms with Crippen LogP contribution in [0.4, 0.5) is 5.69 Å². The average Bonchev–Trinajstić information content (AvgIpc) is 2.39. The van der Waals surface area contributed by atoms with E-state index in [1.807, 2.05) is 30.5 Å². The van der Waals surface area contributed by atoms with Crippen molar-refractivity contribution in [3.8, 4) is 0 Å². The zero-order chi connectivity index (χ0) is 13.0. The largest absolute Gasteiger partial charge is 0.321 e. The molecule has 0 radical (unpaired) electrons. The normalized spacial score (nSPS) is 10.1. The highest BCUT2D eigenvalue weighted by Gasteiger charge is 2.08. The Morgan fingerprint density at radius 1 is 1.39 bits per heavy atom. The molecule has 0 unspecified atom stereocenters. The number of benzene rings is 1. The van der Waals surface area contributed by atoms with E-state index in [0.29, 0.717) is 5.69 Å². The molecule has 2 aromatic rings. The van der Waals surface area contributed by atoms with Crippen LogP contribution in [-0.2, 0) is 0 Å². The van der Waals surface area contributed by atoms with E-state index in [1.54, 1.807) is 11.8 Å². The van der Waals surface area contributed by atoms with Crippen LogP contribution in [0.2, 0.25) is 5.15 Å². The van der Waals surface area contributed by atoms with E-state index in [4.69, 9.17) is 11.6 Å². The molecular formula is C12H10ClN3OS.